The Hall–Kier alpha value is -2.49. The molecule has 1 aliphatic rings. The van der Waals surface area contributed by atoms with E-state index in [1.807, 2.05) is 26.8 Å². The normalized spacial score (nSPS) is 18.8. The summed E-state index contributed by atoms with van der Waals surface area (Å²) in [6.45, 7) is 9.91. The molecule has 0 aromatic carbocycles. The molecule has 2 unspecified atom stereocenters. The third kappa shape index (κ3) is 8.22. The number of amides is 3. The van der Waals surface area contributed by atoms with Crippen LogP contribution in [0.1, 0.15) is 58.0 Å². The molecule has 10 heteroatoms. The molecule has 3 amide bonds. The molecule has 32 heavy (non-hydrogen) atoms. The second kappa shape index (κ2) is 11.4. The van der Waals surface area contributed by atoms with Crippen LogP contribution in [0.3, 0.4) is 0 Å². The molecule has 2 heterocycles. The summed E-state index contributed by atoms with van der Waals surface area (Å²) in [6.07, 6.45) is 1.48. The highest BCUT2D eigenvalue weighted by atomic mass is 32.1. The number of hydrogen-bond acceptors (Lipinski definition) is 7. The van der Waals surface area contributed by atoms with E-state index in [0.717, 1.165) is 17.0 Å². The lowest BCUT2D eigenvalue weighted by Crippen LogP contribution is -2.55. The lowest BCUT2D eigenvalue weighted by Gasteiger charge is -2.25. The fraction of sp³-hybridized carbons (Fsp3) is 0.682. The van der Waals surface area contributed by atoms with Gasteiger partial charge in [0.25, 0.3) is 5.91 Å². The first-order chi connectivity index (χ1) is 15.0. The van der Waals surface area contributed by atoms with Crippen molar-refractivity contribution in [1.29, 1.82) is 0 Å². The topological polar surface area (TPSA) is 126 Å². The molecular formula is C22H34N4O5S. The molecule has 2 atom stereocenters. The highest BCUT2D eigenvalue weighted by Gasteiger charge is 2.32. The molecule has 1 aromatic heterocycles. The smallest absolute Gasteiger partial charge is 0.407 e. The summed E-state index contributed by atoms with van der Waals surface area (Å²) in [7, 11) is 0. The van der Waals surface area contributed by atoms with Crippen molar-refractivity contribution in [1.82, 2.24) is 20.3 Å². The van der Waals surface area contributed by atoms with Crippen LogP contribution < -0.4 is 16.0 Å². The Morgan fingerprint density at radius 1 is 1.28 bits per heavy atom. The number of carbonyl (C=O) groups excluding carboxylic acids is 4. The van der Waals surface area contributed by atoms with Crippen LogP contribution >= 0.6 is 11.5 Å². The fourth-order valence-electron chi connectivity index (χ4n) is 3.11. The van der Waals surface area contributed by atoms with Crippen molar-refractivity contribution in [2.24, 2.45) is 11.3 Å². The Morgan fingerprint density at radius 3 is 2.66 bits per heavy atom. The third-order valence-corrected chi connectivity index (χ3v) is 5.78. The van der Waals surface area contributed by atoms with E-state index in [1.165, 1.54) is 11.5 Å². The highest BCUT2D eigenvalue weighted by Crippen LogP contribution is 2.16. The largest absolute Gasteiger partial charge is 0.449 e. The Labute approximate surface area is 193 Å². The second-order valence-corrected chi connectivity index (χ2v) is 10.5. The molecule has 0 saturated carbocycles. The van der Waals surface area contributed by atoms with Gasteiger partial charge < -0.3 is 20.7 Å². The lowest BCUT2D eigenvalue weighted by atomic mass is 9.99. The number of hydrogen-bond donors (Lipinski definition) is 3. The number of aryl methyl sites for hydroxylation is 2. The summed E-state index contributed by atoms with van der Waals surface area (Å²) in [5.74, 6) is -2.21. The Kier molecular flexibility index (Phi) is 9.18. The molecule has 0 saturated heterocycles. The van der Waals surface area contributed by atoms with Crippen molar-refractivity contribution < 1.29 is 23.9 Å². The van der Waals surface area contributed by atoms with Crippen LogP contribution in [0.5, 0.6) is 0 Å². The summed E-state index contributed by atoms with van der Waals surface area (Å²) in [4.78, 5) is 51.3. The minimum Gasteiger partial charge on any atom is -0.449 e. The summed E-state index contributed by atoms with van der Waals surface area (Å²) in [5.41, 5.74) is 0.623. The van der Waals surface area contributed by atoms with Crippen molar-refractivity contribution in [3.05, 3.63) is 16.6 Å². The van der Waals surface area contributed by atoms with Gasteiger partial charge in [-0.1, -0.05) is 34.6 Å². The number of ketones is 1. The van der Waals surface area contributed by atoms with Crippen LogP contribution in [-0.4, -0.2) is 53.3 Å². The Morgan fingerprint density at radius 2 is 2.00 bits per heavy atom. The first-order valence-corrected chi connectivity index (χ1v) is 11.7. The van der Waals surface area contributed by atoms with Gasteiger partial charge in [0, 0.05) is 11.4 Å². The molecule has 0 aliphatic carbocycles. The zero-order valence-corrected chi connectivity index (χ0v) is 20.3. The number of alkyl carbamates (subject to hydrolysis) is 1. The quantitative estimate of drug-likeness (QED) is 0.570. The number of carbonyl (C=O) groups is 4. The summed E-state index contributed by atoms with van der Waals surface area (Å²) in [6, 6.07) is 0.0764. The van der Waals surface area contributed by atoms with E-state index in [1.54, 1.807) is 13.8 Å². The molecule has 0 spiro atoms. The van der Waals surface area contributed by atoms with Gasteiger partial charge in [-0.2, -0.15) is 4.37 Å². The average molecular weight is 467 g/mol. The van der Waals surface area contributed by atoms with Crippen LogP contribution in [0, 0.1) is 11.3 Å². The van der Waals surface area contributed by atoms with Crippen molar-refractivity contribution >= 4 is 35.2 Å². The van der Waals surface area contributed by atoms with E-state index in [-0.39, 0.29) is 24.4 Å². The maximum atomic E-state index is 13.0. The first kappa shape index (κ1) is 25.8. The van der Waals surface area contributed by atoms with Crippen molar-refractivity contribution in [2.45, 2.75) is 72.4 Å². The minimum atomic E-state index is -1.01. The zero-order chi connectivity index (χ0) is 23.9. The lowest BCUT2D eigenvalue weighted by molar-refractivity contribution is -0.140. The summed E-state index contributed by atoms with van der Waals surface area (Å²) < 4.78 is 9.61. The van der Waals surface area contributed by atoms with Crippen LogP contribution in [0.2, 0.25) is 0 Å². The van der Waals surface area contributed by atoms with Gasteiger partial charge >= 0.3 is 6.09 Å². The van der Waals surface area contributed by atoms with E-state index in [9.17, 15) is 19.2 Å². The monoisotopic (exact) mass is 466 g/mol. The number of rotatable bonds is 5. The van der Waals surface area contributed by atoms with Gasteiger partial charge in [-0.3, -0.25) is 14.4 Å². The number of nitrogens with zero attached hydrogens (tertiary/aromatic N) is 1. The van der Waals surface area contributed by atoms with Gasteiger partial charge in [-0.15, -0.1) is 0 Å². The minimum absolute atomic E-state index is 0.197. The molecule has 2 bridgehead atoms. The Bertz CT molecular complexity index is 831. The number of aromatic nitrogens is 1. The fourth-order valence-corrected chi connectivity index (χ4v) is 3.91. The number of Topliss-reactive ketones (excluding diaryl/α,β-unsaturated/α-hetero) is 1. The predicted molar refractivity (Wildman–Crippen MR) is 121 cm³/mol. The standard InChI is InChI=1S/C22H34N4O5S/c1-13(2)17(25-21(30)31-12-22(3,4)5)19(28)24-16-9-8-14-11-15(32-26-14)7-6-10-23-20(29)18(16)27/h11,13,16-17H,6-10,12H2,1-5H3,(H,23,29)(H,24,28)(H,25,30). The summed E-state index contributed by atoms with van der Waals surface area (Å²) in [5, 5.41) is 7.87. The van der Waals surface area contributed by atoms with E-state index < -0.39 is 35.8 Å². The van der Waals surface area contributed by atoms with Gasteiger partial charge in [0.1, 0.15) is 6.04 Å². The number of nitrogens with one attached hydrogen (secondary N) is 3. The molecule has 1 aromatic rings. The first-order valence-electron chi connectivity index (χ1n) is 11.0. The van der Waals surface area contributed by atoms with Crippen LogP contribution in [0.4, 0.5) is 4.79 Å². The van der Waals surface area contributed by atoms with E-state index in [4.69, 9.17) is 4.74 Å². The predicted octanol–water partition coefficient (Wildman–Crippen LogP) is 1.99. The molecule has 0 radical (unpaired) electrons. The SMILES string of the molecule is CC(C)C(NC(=O)OCC(C)(C)C)C(=O)NC1CCc2cc(sn2)CCCNC(=O)C1=O. The van der Waals surface area contributed by atoms with E-state index in [2.05, 4.69) is 20.3 Å². The van der Waals surface area contributed by atoms with Gasteiger partial charge in [0.2, 0.25) is 11.7 Å². The third-order valence-electron chi connectivity index (χ3n) is 4.90. The van der Waals surface area contributed by atoms with Crippen molar-refractivity contribution in [2.75, 3.05) is 13.2 Å². The summed E-state index contributed by atoms with van der Waals surface area (Å²) >= 11 is 1.41. The number of fused-ring (bicyclic) bond motifs is 2. The molecule has 1 aliphatic heterocycles. The van der Waals surface area contributed by atoms with E-state index >= 15 is 0 Å². The second-order valence-electron chi connectivity index (χ2n) is 9.61. The average Bonchev–Trinajstić information content (AvgIpc) is 3.16. The molecule has 3 N–H and O–H groups in total. The maximum absolute atomic E-state index is 13.0. The highest BCUT2D eigenvalue weighted by molar-refractivity contribution is 7.05. The molecule has 2 rings (SSSR count). The molecular weight excluding hydrogens is 432 g/mol. The van der Waals surface area contributed by atoms with Gasteiger partial charge in [-0.25, -0.2) is 4.79 Å². The van der Waals surface area contributed by atoms with Gasteiger partial charge in [0.15, 0.2) is 0 Å². The van der Waals surface area contributed by atoms with Crippen molar-refractivity contribution in [3.8, 4) is 0 Å². The molecule has 9 nitrogen and oxygen atoms in total. The zero-order valence-electron chi connectivity index (χ0n) is 19.4. The van der Waals surface area contributed by atoms with Gasteiger partial charge in [0.05, 0.1) is 18.3 Å². The van der Waals surface area contributed by atoms with Crippen molar-refractivity contribution in [3.63, 3.8) is 0 Å². The number of ether oxygens (including phenoxy) is 1. The van der Waals surface area contributed by atoms with E-state index in [0.29, 0.717) is 19.4 Å². The van der Waals surface area contributed by atoms with Crippen LogP contribution in [-0.2, 0) is 32.0 Å². The Balaban J connectivity index is 2.09. The molecule has 178 valence electrons. The van der Waals surface area contributed by atoms with Gasteiger partial charge in [-0.05, 0) is 54.6 Å². The molecule has 0 fully saturated rings. The van der Waals surface area contributed by atoms with Crippen LogP contribution in [0.25, 0.3) is 0 Å². The maximum Gasteiger partial charge on any atom is 0.407 e. The van der Waals surface area contributed by atoms with Crippen LogP contribution in [0.15, 0.2) is 6.07 Å².